The summed E-state index contributed by atoms with van der Waals surface area (Å²) in [5.41, 5.74) is 2.33. The lowest BCUT2D eigenvalue weighted by Crippen LogP contribution is -2.40. The van der Waals surface area contributed by atoms with E-state index in [0.29, 0.717) is 5.95 Å². The standard InChI is InChI=1S/C19H24N4O2/c24-18(22-19-20-11-14-5-1-2-8-17(14)21-19)15-6-3-9-23(12-15)13-16-7-4-10-25-16/h4,7,10-11,15H,1-3,5-6,8-9,12-13H2,(H,20,21,22,24). The second-order valence-corrected chi connectivity index (χ2v) is 7.02. The van der Waals surface area contributed by atoms with Crippen molar-refractivity contribution in [3.63, 3.8) is 0 Å². The number of rotatable bonds is 4. The Hall–Kier alpha value is -2.21. The van der Waals surface area contributed by atoms with Crippen LogP contribution in [0.4, 0.5) is 5.95 Å². The van der Waals surface area contributed by atoms with Gasteiger partial charge in [-0.05, 0) is 62.8 Å². The van der Waals surface area contributed by atoms with Crippen molar-refractivity contribution < 1.29 is 9.21 Å². The van der Waals surface area contributed by atoms with E-state index in [1.165, 1.54) is 18.4 Å². The molecule has 0 bridgehead atoms. The van der Waals surface area contributed by atoms with Crippen LogP contribution in [0.25, 0.3) is 0 Å². The molecule has 0 spiro atoms. The van der Waals surface area contributed by atoms with Crippen LogP contribution in [0.5, 0.6) is 0 Å². The zero-order valence-electron chi connectivity index (χ0n) is 14.4. The molecule has 132 valence electrons. The topological polar surface area (TPSA) is 71.3 Å². The predicted octanol–water partition coefficient (Wildman–Crippen LogP) is 2.80. The highest BCUT2D eigenvalue weighted by molar-refractivity contribution is 5.91. The maximum Gasteiger partial charge on any atom is 0.231 e. The Kier molecular flexibility index (Phi) is 4.78. The van der Waals surface area contributed by atoms with Gasteiger partial charge in [0.2, 0.25) is 11.9 Å². The van der Waals surface area contributed by atoms with Crippen molar-refractivity contribution in [2.75, 3.05) is 18.4 Å². The lowest BCUT2D eigenvalue weighted by molar-refractivity contribution is -0.121. The van der Waals surface area contributed by atoms with Gasteiger partial charge >= 0.3 is 0 Å². The number of likely N-dealkylation sites (tertiary alicyclic amines) is 1. The van der Waals surface area contributed by atoms with E-state index in [1.807, 2.05) is 18.3 Å². The van der Waals surface area contributed by atoms with Crippen molar-refractivity contribution in [1.29, 1.82) is 0 Å². The summed E-state index contributed by atoms with van der Waals surface area (Å²) in [6, 6.07) is 3.88. The molecule has 0 saturated carbocycles. The molecule has 1 unspecified atom stereocenters. The Morgan fingerprint density at radius 1 is 1.32 bits per heavy atom. The van der Waals surface area contributed by atoms with Gasteiger partial charge in [-0.1, -0.05) is 0 Å². The molecule has 1 fully saturated rings. The summed E-state index contributed by atoms with van der Waals surface area (Å²) in [6.45, 7) is 2.50. The smallest absolute Gasteiger partial charge is 0.231 e. The molecule has 1 saturated heterocycles. The molecule has 25 heavy (non-hydrogen) atoms. The van der Waals surface area contributed by atoms with Gasteiger partial charge in [-0.25, -0.2) is 9.97 Å². The number of furan rings is 1. The summed E-state index contributed by atoms with van der Waals surface area (Å²) >= 11 is 0. The number of nitrogens with zero attached hydrogens (tertiary/aromatic N) is 3. The minimum Gasteiger partial charge on any atom is -0.468 e. The number of aromatic nitrogens is 2. The number of carbonyl (C=O) groups excluding carboxylic acids is 1. The first kappa shape index (κ1) is 16.3. The van der Waals surface area contributed by atoms with E-state index in [-0.39, 0.29) is 11.8 Å². The molecule has 4 rings (SSSR count). The Labute approximate surface area is 147 Å². The molecule has 6 nitrogen and oxygen atoms in total. The van der Waals surface area contributed by atoms with Crippen LogP contribution in [0.3, 0.4) is 0 Å². The molecule has 1 atom stereocenters. The Balaban J connectivity index is 1.37. The minimum absolute atomic E-state index is 0.0247. The third-order valence-electron chi connectivity index (χ3n) is 5.13. The summed E-state index contributed by atoms with van der Waals surface area (Å²) in [7, 11) is 0. The van der Waals surface area contributed by atoms with Gasteiger partial charge in [0.05, 0.1) is 18.7 Å². The van der Waals surface area contributed by atoms with E-state index in [2.05, 4.69) is 20.2 Å². The lowest BCUT2D eigenvalue weighted by atomic mass is 9.97. The molecular weight excluding hydrogens is 316 g/mol. The maximum absolute atomic E-state index is 12.6. The van der Waals surface area contributed by atoms with Gasteiger partial charge in [0, 0.05) is 18.4 Å². The lowest BCUT2D eigenvalue weighted by Gasteiger charge is -2.31. The van der Waals surface area contributed by atoms with Crippen molar-refractivity contribution in [2.24, 2.45) is 5.92 Å². The fourth-order valence-corrected chi connectivity index (χ4v) is 3.78. The molecule has 2 aliphatic rings. The summed E-state index contributed by atoms with van der Waals surface area (Å²) in [6.07, 6.45) is 9.90. The minimum atomic E-state index is -0.0247. The van der Waals surface area contributed by atoms with Gasteiger partial charge in [-0.3, -0.25) is 15.0 Å². The number of nitrogens with one attached hydrogen (secondary N) is 1. The van der Waals surface area contributed by atoms with Crippen LogP contribution in [0, 0.1) is 5.92 Å². The summed E-state index contributed by atoms with van der Waals surface area (Å²) < 4.78 is 5.42. The zero-order chi connectivity index (χ0) is 17.1. The van der Waals surface area contributed by atoms with Crippen molar-refractivity contribution >= 4 is 11.9 Å². The first-order chi connectivity index (χ1) is 12.3. The molecule has 0 aromatic carbocycles. The van der Waals surface area contributed by atoms with Crippen molar-refractivity contribution in [3.05, 3.63) is 41.6 Å². The Morgan fingerprint density at radius 3 is 3.12 bits per heavy atom. The van der Waals surface area contributed by atoms with Crippen LogP contribution in [-0.2, 0) is 24.2 Å². The van der Waals surface area contributed by atoms with Gasteiger partial charge in [-0.2, -0.15) is 0 Å². The molecular formula is C19H24N4O2. The summed E-state index contributed by atoms with van der Waals surface area (Å²) in [5, 5.41) is 2.93. The number of piperidine rings is 1. The van der Waals surface area contributed by atoms with E-state index in [1.54, 1.807) is 6.26 Å². The molecule has 1 N–H and O–H groups in total. The second kappa shape index (κ2) is 7.35. The van der Waals surface area contributed by atoms with Gasteiger partial charge in [-0.15, -0.1) is 0 Å². The number of carbonyl (C=O) groups is 1. The number of aryl methyl sites for hydroxylation is 2. The first-order valence-electron chi connectivity index (χ1n) is 9.18. The monoisotopic (exact) mass is 340 g/mol. The van der Waals surface area contributed by atoms with E-state index < -0.39 is 0 Å². The number of fused-ring (bicyclic) bond motifs is 1. The first-order valence-corrected chi connectivity index (χ1v) is 9.18. The fraction of sp³-hybridized carbons (Fsp3) is 0.526. The van der Waals surface area contributed by atoms with Crippen LogP contribution in [0.1, 0.15) is 42.7 Å². The normalized spacial score (nSPS) is 20.9. The number of anilines is 1. The molecule has 6 heteroatoms. The molecule has 2 aromatic rings. The van der Waals surface area contributed by atoms with Gasteiger partial charge in [0.25, 0.3) is 0 Å². The van der Waals surface area contributed by atoms with Crippen LogP contribution in [-0.4, -0.2) is 33.9 Å². The van der Waals surface area contributed by atoms with Crippen LogP contribution in [0.15, 0.2) is 29.0 Å². The maximum atomic E-state index is 12.6. The SMILES string of the molecule is O=C(Nc1ncc2c(n1)CCCC2)C1CCCN(Cc2ccco2)C1. The third-order valence-corrected chi connectivity index (χ3v) is 5.13. The zero-order valence-corrected chi connectivity index (χ0v) is 14.4. The predicted molar refractivity (Wildman–Crippen MR) is 94.0 cm³/mol. The molecule has 1 amide bonds. The largest absolute Gasteiger partial charge is 0.468 e. The van der Waals surface area contributed by atoms with Gasteiger partial charge in [0.1, 0.15) is 5.76 Å². The van der Waals surface area contributed by atoms with E-state index >= 15 is 0 Å². The average molecular weight is 340 g/mol. The van der Waals surface area contributed by atoms with E-state index in [0.717, 1.165) is 56.8 Å². The molecule has 1 aliphatic heterocycles. The third kappa shape index (κ3) is 3.90. The summed E-state index contributed by atoms with van der Waals surface area (Å²) in [5.74, 6) is 1.40. The Bertz CT molecular complexity index is 729. The average Bonchev–Trinajstić information content (AvgIpc) is 3.15. The van der Waals surface area contributed by atoms with Crippen LogP contribution in [0.2, 0.25) is 0 Å². The fourth-order valence-electron chi connectivity index (χ4n) is 3.78. The second-order valence-electron chi connectivity index (χ2n) is 7.02. The van der Waals surface area contributed by atoms with Crippen molar-refractivity contribution in [1.82, 2.24) is 14.9 Å². The number of hydrogen-bond donors (Lipinski definition) is 1. The van der Waals surface area contributed by atoms with Crippen LogP contribution < -0.4 is 5.32 Å². The van der Waals surface area contributed by atoms with Gasteiger partial charge < -0.3 is 4.42 Å². The highest BCUT2D eigenvalue weighted by atomic mass is 16.3. The van der Waals surface area contributed by atoms with Crippen molar-refractivity contribution in [3.8, 4) is 0 Å². The molecule has 3 heterocycles. The van der Waals surface area contributed by atoms with Gasteiger partial charge in [0.15, 0.2) is 0 Å². The van der Waals surface area contributed by atoms with E-state index in [4.69, 9.17) is 4.42 Å². The molecule has 0 radical (unpaired) electrons. The van der Waals surface area contributed by atoms with E-state index in [9.17, 15) is 4.79 Å². The quantitative estimate of drug-likeness (QED) is 0.927. The van der Waals surface area contributed by atoms with Crippen LogP contribution >= 0.6 is 0 Å². The highest BCUT2D eigenvalue weighted by Gasteiger charge is 2.27. The number of hydrogen-bond acceptors (Lipinski definition) is 5. The Morgan fingerprint density at radius 2 is 2.24 bits per heavy atom. The van der Waals surface area contributed by atoms with Crippen molar-refractivity contribution in [2.45, 2.75) is 45.1 Å². The summed E-state index contributed by atoms with van der Waals surface area (Å²) in [4.78, 5) is 23.8. The molecule has 1 aliphatic carbocycles. The highest BCUT2D eigenvalue weighted by Crippen LogP contribution is 2.22. The number of amides is 1. The molecule has 2 aromatic heterocycles.